The number of H-pyrrole nitrogens is 1. The summed E-state index contributed by atoms with van der Waals surface area (Å²) in [6, 6.07) is 10.3. The molecule has 1 aromatic carbocycles. The third-order valence-electron chi connectivity index (χ3n) is 3.08. The third kappa shape index (κ3) is 2.31. The highest BCUT2D eigenvalue weighted by molar-refractivity contribution is 5.79. The predicted octanol–water partition coefficient (Wildman–Crippen LogP) is 3.08. The largest absolute Gasteiger partial charge is 0.381 e. The van der Waals surface area contributed by atoms with Gasteiger partial charge in [-0.25, -0.2) is 4.98 Å². The number of nitrogens with zero attached hydrogens (tertiary/aromatic N) is 2. The average Bonchev–Trinajstić information content (AvgIpc) is 2.89. The van der Waals surface area contributed by atoms with E-state index in [-0.39, 0.29) is 5.69 Å². The summed E-state index contributed by atoms with van der Waals surface area (Å²) in [6.07, 6.45) is 3.62. The van der Waals surface area contributed by atoms with E-state index in [1.54, 1.807) is 18.3 Å². The van der Waals surface area contributed by atoms with Crippen LogP contribution < -0.4 is 5.32 Å². The number of anilines is 1. The predicted molar refractivity (Wildman–Crippen MR) is 76.5 cm³/mol. The van der Waals surface area contributed by atoms with E-state index in [0.29, 0.717) is 6.54 Å². The van der Waals surface area contributed by atoms with E-state index in [4.69, 9.17) is 0 Å². The zero-order chi connectivity index (χ0) is 13.9. The third-order valence-corrected chi connectivity index (χ3v) is 3.08. The Kier molecular flexibility index (Phi) is 3.04. The highest BCUT2D eigenvalue weighted by atomic mass is 16.6. The van der Waals surface area contributed by atoms with E-state index in [0.717, 1.165) is 22.3 Å². The number of fused-ring (bicyclic) bond motifs is 1. The maximum Gasteiger partial charge on any atom is 0.271 e. The number of rotatable bonds is 4. The van der Waals surface area contributed by atoms with Gasteiger partial charge in [-0.2, -0.15) is 0 Å². The molecule has 3 rings (SSSR count). The van der Waals surface area contributed by atoms with Crippen LogP contribution in [0.15, 0.2) is 48.8 Å². The zero-order valence-electron chi connectivity index (χ0n) is 10.5. The van der Waals surface area contributed by atoms with Crippen molar-refractivity contribution >= 4 is 22.4 Å². The van der Waals surface area contributed by atoms with Gasteiger partial charge in [-0.3, -0.25) is 10.1 Å². The van der Waals surface area contributed by atoms with Gasteiger partial charge in [0.2, 0.25) is 0 Å². The lowest BCUT2D eigenvalue weighted by atomic mass is 10.2. The Balaban J connectivity index is 1.79. The molecule has 0 unspecified atom stereocenters. The van der Waals surface area contributed by atoms with Gasteiger partial charge in [0.1, 0.15) is 5.65 Å². The van der Waals surface area contributed by atoms with Gasteiger partial charge < -0.3 is 10.3 Å². The fourth-order valence-corrected chi connectivity index (χ4v) is 2.09. The monoisotopic (exact) mass is 268 g/mol. The van der Waals surface area contributed by atoms with Crippen LogP contribution in [0.25, 0.3) is 11.0 Å². The van der Waals surface area contributed by atoms with Gasteiger partial charge in [0, 0.05) is 42.1 Å². The van der Waals surface area contributed by atoms with Crippen molar-refractivity contribution in [3.05, 3.63) is 64.5 Å². The molecule has 0 bridgehead atoms. The van der Waals surface area contributed by atoms with Crippen molar-refractivity contribution in [3.8, 4) is 0 Å². The van der Waals surface area contributed by atoms with Gasteiger partial charge in [-0.05, 0) is 23.8 Å². The lowest BCUT2D eigenvalue weighted by Crippen LogP contribution is -1.99. The first kappa shape index (κ1) is 12.2. The van der Waals surface area contributed by atoms with Crippen molar-refractivity contribution in [3.63, 3.8) is 0 Å². The molecule has 6 nitrogen and oxygen atoms in total. The minimum Gasteiger partial charge on any atom is -0.381 e. The normalized spacial score (nSPS) is 10.6. The molecule has 6 heteroatoms. The van der Waals surface area contributed by atoms with E-state index in [1.165, 1.54) is 12.1 Å². The summed E-state index contributed by atoms with van der Waals surface area (Å²) >= 11 is 0. The topological polar surface area (TPSA) is 83.9 Å². The van der Waals surface area contributed by atoms with Crippen LogP contribution in [0, 0.1) is 10.1 Å². The molecule has 2 aromatic heterocycles. The fourth-order valence-electron chi connectivity index (χ4n) is 2.09. The van der Waals surface area contributed by atoms with Crippen LogP contribution >= 0.6 is 0 Å². The van der Waals surface area contributed by atoms with E-state index in [2.05, 4.69) is 15.3 Å². The van der Waals surface area contributed by atoms with Crippen molar-refractivity contribution in [1.29, 1.82) is 0 Å². The first-order valence-corrected chi connectivity index (χ1v) is 6.13. The number of pyridine rings is 1. The molecule has 20 heavy (non-hydrogen) atoms. The van der Waals surface area contributed by atoms with Crippen LogP contribution in [-0.2, 0) is 6.54 Å². The summed E-state index contributed by atoms with van der Waals surface area (Å²) in [7, 11) is 0. The average molecular weight is 268 g/mol. The van der Waals surface area contributed by atoms with Gasteiger partial charge in [0.05, 0.1) is 4.92 Å². The van der Waals surface area contributed by atoms with Crippen molar-refractivity contribution in [2.75, 3.05) is 5.32 Å². The second kappa shape index (κ2) is 5.00. The zero-order valence-corrected chi connectivity index (χ0v) is 10.5. The Bertz CT molecular complexity index is 766. The van der Waals surface area contributed by atoms with Gasteiger partial charge >= 0.3 is 0 Å². The second-order valence-corrected chi connectivity index (χ2v) is 4.37. The van der Waals surface area contributed by atoms with Crippen LogP contribution in [-0.4, -0.2) is 14.9 Å². The van der Waals surface area contributed by atoms with Crippen LogP contribution in [0.2, 0.25) is 0 Å². The summed E-state index contributed by atoms with van der Waals surface area (Å²) in [6.45, 7) is 0.576. The fraction of sp³-hybridized carbons (Fsp3) is 0.0714. The van der Waals surface area contributed by atoms with E-state index >= 15 is 0 Å². The molecular formula is C14H12N4O2. The SMILES string of the molecule is O=[N+]([O-])c1cccc(NCc2c[nH]c3ncccc23)c1. The molecule has 100 valence electrons. The minimum absolute atomic E-state index is 0.0793. The number of nitro benzene ring substituents is 1. The molecular weight excluding hydrogens is 256 g/mol. The number of aromatic amines is 1. The van der Waals surface area contributed by atoms with Crippen LogP contribution in [0.5, 0.6) is 0 Å². The van der Waals surface area contributed by atoms with Gasteiger partial charge in [-0.15, -0.1) is 0 Å². The molecule has 0 aliphatic heterocycles. The van der Waals surface area contributed by atoms with Gasteiger partial charge in [0.15, 0.2) is 0 Å². The van der Waals surface area contributed by atoms with Crippen molar-refractivity contribution in [1.82, 2.24) is 9.97 Å². The smallest absolute Gasteiger partial charge is 0.271 e. The summed E-state index contributed by atoms with van der Waals surface area (Å²) < 4.78 is 0. The molecule has 0 saturated carbocycles. The lowest BCUT2D eigenvalue weighted by Gasteiger charge is -2.05. The molecule has 0 atom stereocenters. The molecule has 0 fully saturated rings. The second-order valence-electron chi connectivity index (χ2n) is 4.37. The van der Waals surface area contributed by atoms with Crippen molar-refractivity contribution in [2.24, 2.45) is 0 Å². The van der Waals surface area contributed by atoms with Crippen LogP contribution in [0.3, 0.4) is 0 Å². The summed E-state index contributed by atoms with van der Waals surface area (Å²) in [5.74, 6) is 0. The maximum atomic E-state index is 10.7. The molecule has 0 spiro atoms. The Hall–Kier alpha value is -2.89. The number of nitrogens with one attached hydrogen (secondary N) is 2. The lowest BCUT2D eigenvalue weighted by molar-refractivity contribution is -0.384. The number of nitro groups is 1. The number of hydrogen-bond donors (Lipinski definition) is 2. The summed E-state index contributed by atoms with van der Waals surface area (Å²) in [4.78, 5) is 17.6. The van der Waals surface area contributed by atoms with Crippen LogP contribution in [0.4, 0.5) is 11.4 Å². The first-order valence-electron chi connectivity index (χ1n) is 6.13. The standard InChI is InChI=1S/C14H12N4O2/c19-18(20)12-4-1-3-11(7-12)16-8-10-9-17-14-13(10)5-2-6-15-14/h1-7,9,16H,8H2,(H,15,17). The van der Waals surface area contributed by atoms with Crippen molar-refractivity contribution in [2.45, 2.75) is 6.54 Å². The van der Waals surface area contributed by atoms with Gasteiger partial charge in [-0.1, -0.05) is 6.07 Å². The molecule has 3 aromatic rings. The molecule has 0 radical (unpaired) electrons. The van der Waals surface area contributed by atoms with Crippen LogP contribution in [0.1, 0.15) is 5.56 Å². The Morgan fingerprint density at radius 3 is 3.05 bits per heavy atom. The summed E-state index contributed by atoms with van der Waals surface area (Å²) in [5.41, 5.74) is 2.70. The Morgan fingerprint density at radius 1 is 1.30 bits per heavy atom. The molecule has 0 amide bonds. The molecule has 0 aliphatic carbocycles. The Labute approximate surface area is 114 Å². The first-order chi connectivity index (χ1) is 9.74. The van der Waals surface area contributed by atoms with Gasteiger partial charge in [0.25, 0.3) is 5.69 Å². The number of aromatic nitrogens is 2. The molecule has 2 N–H and O–H groups in total. The summed E-state index contributed by atoms with van der Waals surface area (Å²) in [5, 5.41) is 15.0. The molecule has 0 saturated heterocycles. The minimum atomic E-state index is -0.402. The van der Waals surface area contributed by atoms with E-state index in [9.17, 15) is 10.1 Å². The van der Waals surface area contributed by atoms with E-state index < -0.39 is 4.92 Å². The quantitative estimate of drug-likeness (QED) is 0.562. The highest BCUT2D eigenvalue weighted by Gasteiger charge is 2.07. The maximum absolute atomic E-state index is 10.7. The number of non-ortho nitro benzene ring substituents is 1. The highest BCUT2D eigenvalue weighted by Crippen LogP contribution is 2.20. The van der Waals surface area contributed by atoms with Crippen molar-refractivity contribution < 1.29 is 4.92 Å². The molecule has 0 aliphatic rings. The Morgan fingerprint density at radius 2 is 2.20 bits per heavy atom. The number of hydrogen-bond acceptors (Lipinski definition) is 4. The number of benzene rings is 1. The van der Waals surface area contributed by atoms with E-state index in [1.807, 2.05) is 18.3 Å². The molecule has 2 heterocycles.